The lowest BCUT2D eigenvalue weighted by Gasteiger charge is -2.37. The van der Waals surface area contributed by atoms with Crippen LogP contribution < -0.4 is 5.32 Å². The van der Waals surface area contributed by atoms with Crippen LogP contribution in [0, 0.1) is 0 Å². The molecule has 126 valence electrons. The van der Waals surface area contributed by atoms with Gasteiger partial charge in [-0.15, -0.1) is 0 Å². The zero-order chi connectivity index (χ0) is 16.0. The zero-order valence-electron chi connectivity index (χ0n) is 15.0. The molecule has 0 amide bonds. The molecule has 3 atom stereocenters. The minimum atomic E-state index is -0.180. The average molecular weight is 300 g/mol. The van der Waals surface area contributed by atoms with E-state index in [9.17, 15) is 5.11 Å². The van der Waals surface area contributed by atoms with E-state index in [-0.39, 0.29) is 12.1 Å². The summed E-state index contributed by atoms with van der Waals surface area (Å²) in [6.45, 7) is 18.1. The molecule has 1 fully saturated rings. The Hall–Kier alpha value is -0.160. The molecule has 0 aromatic rings. The van der Waals surface area contributed by atoms with Gasteiger partial charge in [0, 0.05) is 36.8 Å². The van der Waals surface area contributed by atoms with Crippen molar-refractivity contribution < 1.29 is 5.11 Å². The Morgan fingerprint density at radius 2 is 1.90 bits per heavy atom. The van der Waals surface area contributed by atoms with Crippen LogP contribution in [-0.4, -0.2) is 71.4 Å². The van der Waals surface area contributed by atoms with Crippen LogP contribution in [0.3, 0.4) is 0 Å². The number of hydrogen-bond donors (Lipinski definition) is 2. The van der Waals surface area contributed by atoms with E-state index < -0.39 is 0 Å². The third kappa shape index (κ3) is 5.51. The summed E-state index contributed by atoms with van der Waals surface area (Å²) in [5, 5.41) is 13.3. The second-order valence-electron chi connectivity index (χ2n) is 7.23. The Balaban J connectivity index is 2.54. The molecule has 3 unspecified atom stereocenters. The fraction of sp³-hybridized carbons (Fsp3) is 1.00. The molecule has 1 heterocycles. The Morgan fingerprint density at radius 1 is 1.29 bits per heavy atom. The fourth-order valence-corrected chi connectivity index (χ4v) is 3.85. The molecule has 0 aromatic heterocycles. The molecular formula is C17H37N3O. The van der Waals surface area contributed by atoms with Crippen LogP contribution >= 0.6 is 0 Å². The Morgan fingerprint density at radius 3 is 2.38 bits per heavy atom. The van der Waals surface area contributed by atoms with E-state index in [0.717, 1.165) is 19.5 Å². The van der Waals surface area contributed by atoms with Crippen LogP contribution in [0.15, 0.2) is 0 Å². The first-order valence-electron chi connectivity index (χ1n) is 8.71. The monoisotopic (exact) mass is 299 g/mol. The van der Waals surface area contributed by atoms with Gasteiger partial charge < -0.3 is 10.4 Å². The Kier molecular flexibility index (Phi) is 7.62. The lowest BCUT2D eigenvalue weighted by Crippen LogP contribution is -2.53. The fourth-order valence-electron chi connectivity index (χ4n) is 3.85. The topological polar surface area (TPSA) is 38.7 Å². The highest BCUT2D eigenvalue weighted by Gasteiger charge is 2.33. The van der Waals surface area contributed by atoms with Crippen LogP contribution in [-0.2, 0) is 0 Å². The van der Waals surface area contributed by atoms with Gasteiger partial charge in [0.05, 0.1) is 6.61 Å². The molecule has 1 rings (SSSR count). The minimum Gasteiger partial charge on any atom is -0.394 e. The second kappa shape index (κ2) is 8.47. The standard InChI is InChI=1S/C17H37N3O/c1-7-19(8-2)16-9-10-20(12-16)15(5)11-17(6,13-21)18-14(3)4/h14-16,18,21H,7-13H2,1-6H3. The molecule has 0 spiro atoms. The van der Waals surface area contributed by atoms with E-state index in [1.165, 1.54) is 19.5 Å². The number of nitrogens with zero attached hydrogens (tertiary/aromatic N) is 2. The molecule has 4 heteroatoms. The maximum Gasteiger partial charge on any atom is 0.0611 e. The van der Waals surface area contributed by atoms with Gasteiger partial charge in [-0.2, -0.15) is 0 Å². The zero-order valence-corrected chi connectivity index (χ0v) is 15.0. The highest BCUT2D eigenvalue weighted by molar-refractivity contribution is 4.92. The number of rotatable bonds is 9. The van der Waals surface area contributed by atoms with E-state index in [4.69, 9.17) is 0 Å². The maximum atomic E-state index is 9.75. The van der Waals surface area contributed by atoms with Crippen molar-refractivity contribution in [3.63, 3.8) is 0 Å². The number of aliphatic hydroxyl groups excluding tert-OH is 1. The van der Waals surface area contributed by atoms with Crippen molar-refractivity contribution in [2.75, 3.05) is 32.8 Å². The summed E-state index contributed by atoms with van der Waals surface area (Å²) in [7, 11) is 0. The smallest absolute Gasteiger partial charge is 0.0611 e. The SMILES string of the molecule is CCN(CC)C1CCN(C(C)CC(C)(CO)NC(C)C)C1. The van der Waals surface area contributed by atoms with Gasteiger partial charge in [0.15, 0.2) is 0 Å². The maximum absolute atomic E-state index is 9.75. The Bertz CT molecular complexity index is 294. The number of likely N-dealkylation sites (tertiary alicyclic amines) is 1. The number of likely N-dealkylation sites (N-methyl/N-ethyl adjacent to an activating group) is 1. The van der Waals surface area contributed by atoms with Gasteiger partial charge in [-0.3, -0.25) is 9.80 Å². The van der Waals surface area contributed by atoms with E-state index >= 15 is 0 Å². The molecule has 1 aliphatic heterocycles. The molecular weight excluding hydrogens is 262 g/mol. The van der Waals surface area contributed by atoms with Crippen molar-refractivity contribution >= 4 is 0 Å². The second-order valence-corrected chi connectivity index (χ2v) is 7.23. The summed E-state index contributed by atoms with van der Waals surface area (Å²) >= 11 is 0. The highest BCUT2D eigenvalue weighted by atomic mass is 16.3. The molecule has 1 saturated heterocycles. The quantitative estimate of drug-likeness (QED) is 0.682. The lowest BCUT2D eigenvalue weighted by molar-refractivity contribution is 0.114. The van der Waals surface area contributed by atoms with Crippen molar-refractivity contribution in [3.05, 3.63) is 0 Å². The van der Waals surface area contributed by atoms with Gasteiger partial charge in [-0.1, -0.05) is 27.7 Å². The van der Waals surface area contributed by atoms with Crippen LogP contribution in [0.1, 0.15) is 54.4 Å². The summed E-state index contributed by atoms with van der Waals surface area (Å²) in [4.78, 5) is 5.17. The van der Waals surface area contributed by atoms with Gasteiger partial charge in [-0.25, -0.2) is 0 Å². The minimum absolute atomic E-state index is 0.180. The number of aliphatic hydroxyl groups is 1. The van der Waals surface area contributed by atoms with E-state index in [1.54, 1.807) is 0 Å². The van der Waals surface area contributed by atoms with E-state index in [1.807, 2.05) is 0 Å². The highest BCUT2D eigenvalue weighted by Crippen LogP contribution is 2.23. The number of nitrogens with one attached hydrogen (secondary N) is 1. The third-order valence-electron chi connectivity index (χ3n) is 4.88. The first kappa shape index (κ1) is 18.9. The summed E-state index contributed by atoms with van der Waals surface area (Å²) in [6, 6.07) is 1.62. The van der Waals surface area contributed by atoms with E-state index in [2.05, 4.69) is 56.7 Å². The van der Waals surface area contributed by atoms with Crippen molar-refractivity contribution in [2.24, 2.45) is 0 Å². The predicted octanol–water partition coefficient (Wildman–Crippen LogP) is 1.93. The van der Waals surface area contributed by atoms with Crippen molar-refractivity contribution in [1.29, 1.82) is 0 Å². The molecule has 2 N–H and O–H groups in total. The van der Waals surface area contributed by atoms with E-state index in [0.29, 0.717) is 18.1 Å². The molecule has 0 saturated carbocycles. The molecule has 0 aromatic carbocycles. The molecule has 0 bridgehead atoms. The molecule has 0 radical (unpaired) electrons. The molecule has 4 nitrogen and oxygen atoms in total. The molecule has 0 aliphatic carbocycles. The average Bonchev–Trinajstić information content (AvgIpc) is 2.89. The summed E-state index contributed by atoms with van der Waals surface area (Å²) in [5.41, 5.74) is -0.180. The van der Waals surface area contributed by atoms with Gasteiger partial charge >= 0.3 is 0 Å². The molecule has 21 heavy (non-hydrogen) atoms. The lowest BCUT2D eigenvalue weighted by atomic mass is 9.93. The van der Waals surface area contributed by atoms with Crippen molar-refractivity contribution in [2.45, 2.75) is 78.0 Å². The first-order chi connectivity index (χ1) is 9.85. The predicted molar refractivity (Wildman–Crippen MR) is 90.7 cm³/mol. The Labute approximate surface area is 131 Å². The molecule has 1 aliphatic rings. The van der Waals surface area contributed by atoms with Gasteiger partial charge in [0.2, 0.25) is 0 Å². The largest absolute Gasteiger partial charge is 0.394 e. The van der Waals surface area contributed by atoms with Gasteiger partial charge in [0.1, 0.15) is 0 Å². The van der Waals surface area contributed by atoms with Gasteiger partial charge in [0.25, 0.3) is 0 Å². The van der Waals surface area contributed by atoms with Crippen LogP contribution in [0.25, 0.3) is 0 Å². The summed E-state index contributed by atoms with van der Waals surface area (Å²) in [5.74, 6) is 0. The normalized spacial score (nSPS) is 24.7. The first-order valence-corrected chi connectivity index (χ1v) is 8.71. The van der Waals surface area contributed by atoms with Gasteiger partial charge in [-0.05, 0) is 39.8 Å². The number of hydrogen-bond acceptors (Lipinski definition) is 4. The van der Waals surface area contributed by atoms with Crippen molar-refractivity contribution in [1.82, 2.24) is 15.1 Å². The third-order valence-corrected chi connectivity index (χ3v) is 4.88. The van der Waals surface area contributed by atoms with Crippen molar-refractivity contribution in [3.8, 4) is 0 Å². The summed E-state index contributed by atoms with van der Waals surface area (Å²) < 4.78 is 0. The van der Waals surface area contributed by atoms with Crippen LogP contribution in [0.4, 0.5) is 0 Å². The van der Waals surface area contributed by atoms with Crippen LogP contribution in [0.5, 0.6) is 0 Å². The summed E-state index contributed by atoms with van der Waals surface area (Å²) in [6.07, 6.45) is 2.27. The van der Waals surface area contributed by atoms with Crippen LogP contribution in [0.2, 0.25) is 0 Å².